The zero-order valence-electron chi connectivity index (χ0n) is 9.46. The Morgan fingerprint density at radius 2 is 2.12 bits per heavy atom. The lowest BCUT2D eigenvalue weighted by molar-refractivity contribution is -0.143. The summed E-state index contributed by atoms with van der Waals surface area (Å²) in [6, 6.07) is 7.47. The van der Waals surface area contributed by atoms with E-state index in [2.05, 4.69) is 21.2 Å². The summed E-state index contributed by atoms with van der Waals surface area (Å²) >= 11 is 3.41. The summed E-state index contributed by atoms with van der Waals surface area (Å²) in [5.74, 6) is -0.797. The fourth-order valence-electron chi connectivity index (χ4n) is 1.64. The van der Waals surface area contributed by atoms with Gasteiger partial charge in [-0.3, -0.25) is 4.79 Å². The van der Waals surface area contributed by atoms with Crippen molar-refractivity contribution in [1.29, 1.82) is 0 Å². The molecule has 0 aromatic heterocycles. The highest BCUT2D eigenvalue weighted by atomic mass is 79.9. The number of carboxylic acids is 1. The molecule has 0 saturated carbocycles. The van der Waals surface area contributed by atoms with Crippen molar-refractivity contribution in [2.24, 2.45) is 0 Å². The zero-order valence-corrected chi connectivity index (χ0v) is 11.0. The van der Waals surface area contributed by atoms with Crippen LogP contribution in [0.5, 0.6) is 0 Å². The standard InChI is InChI=1S/C12H16BrNO2/c1-12(11(15)16,7-8-14-2)9-5-3-4-6-10(9)13/h3-6,14H,7-8H2,1-2H3,(H,15,16). The van der Waals surface area contributed by atoms with Gasteiger partial charge in [0.25, 0.3) is 0 Å². The maximum Gasteiger partial charge on any atom is 0.313 e. The molecular weight excluding hydrogens is 270 g/mol. The Labute approximate surface area is 104 Å². The minimum absolute atomic E-state index is 0.557. The average molecular weight is 286 g/mol. The van der Waals surface area contributed by atoms with Gasteiger partial charge >= 0.3 is 5.97 Å². The Morgan fingerprint density at radius 1 is 1.50 bits per heavy atom. The molecule has 1 atom stereocenters. The van der Waals surface area contributed by atoms with Gasteiger partial charge in [0.2, 0.25) is 0 Å². The first-order chi connectivity index (χ1) is 7.52. The molecule has 0 aliphatic heterocycles. The van der Waals surface area contributed by atoms with Gasteiger partial charge in [-0.05, 0) is 38.6 Å². The average Bonchev–Trinajstić information content (AvgIpc) is 2.26. The van der Waals surface area contributed by atoms with E-state index >= 15 is 0 Å². The highest BCUT2D eigenvalue weighted by Crippen LogP contribution is 2.33. The first kappa shape index (κ1) is 13.2. The quantitative estimate of drug-likeness (QED) is 0.874. The van der Waals surface area contributed by atoms with E-state index in [-0.39, 0.29) is 0 Å². The molecule has 0 spiro atoms. The van der Waals surface area contributed by atoms with E-state index in [1.54, 1.807) is 6.92 Å². The van der Waals surface area contributed by atoms with Crippen molar-refractivity contribution in [2.45, 2.75) is 18.8 Å². The van der Waals surface area contributed by atoms with Crippen LogP contribution >= 0.6 is 15.9 Å². The van der Waals surface area contributed by atoms with Crippen LogP contribution in [0.2, 0.25) is 0 Å². The number of hydrogen-bond donors (Lipinski definition) is 2. The minimum Gasteiger partial charge on any atom is -0.481 e. The Hall–Kier alpha value is -0.870. The molecule has 0 amide bonds. The number of carboxylic acid groups (broad SMARTS) is 1. The second kappa shape index (κ2) is 5.46. The summed E-state index contributed by atoms with van der Waals surface area (Å²) in [6.07, 6.45) is 0.557. The van der Waals surface area contributed by atoms with Crippen molar-refractivity contribution >= 4 is 21.9 Å². The second-order valence-electron chi connectivity index (χ2n) is 3.97. The summed E-state index contributed by atoms with van der Waals surface area (Å²) in [5, 5.41) is 12.4. The number of rotatable bonds is 5. The molecule has 0 bridgehead atoms. The number of halogens is 1. The number of hydrogen-bond acceptors (Lipinski definition) is 2. The summed E-state index contributed by atoms with van der Waals surface area (Å²) in [6.45, 7) is 2.43. The van der Waals surface area contributed by atoms with Crippen LogP contribution in [0.15, 0.2) is 28.7 Å². The lowest BCUT2D eigenvalue weighted by atomic mass is 9.79. The van der Waals surface area contributed by atoms with Crippen LogP contribution in [0.4, 0.5) is 0 Å². The normalized spacial score (nSPS) is 14.4. The fourth-order valence-corrected chi connectivity index (χ4v) is 2.36. The van der Waals surface area contributed by atoms with Gasteiger partial charge < -0.3 is 10.4 Å². The molecule has 4 heteroatoms. The maximum absolute atomic E-state index is 11.4. The maximum atomic E-state index is 11.4. The van der Waals surface area contributed by atoms with Crippen LogP contribution in [0.1, 0.15) is 18.9 Å². The van der Waals surface area contributed by atoms with Gasteiger partial charge in [0.05, 0.1) is 5.41 Å². The molecule has 16 heavy (non-hydrogen) atoms. The lowest BCUT2D eigenvalue weighted by Crippen LogP contribution is -2.35. The molecule has 1 aromatic rings. The molecule has 0 saturated heterocycles. The molecule has 0 aliphatic carbocycles. The third-order valence-electron chi connectivity index (χ3n) is 2.82. The van der Waals surface area contributed by atoms with E-state index < -0.39 is 11.4 Å². The molecule has 3 nitrogen and oxygen atoms in total. The van der Waals surface area contributed by atoms with Crippen molar-refractivity contribution in [2.75, 3.05) is 13.6 Å². The van der Waals surface area contributed by atoms with Crippen molar-refractivity contribution in [3.05, 3.63) is 34.3 Å². The number of nitrogens with one attached hydrogen (secondary N) is 1. The van der Waals surface area contributed by atoms with Crippen molar-refractivity contribution < 1.29 is 9.90 Å². The Bertz CT molecular complexity index is 381. The van der Waals surface area contributed by atoms with E-state index in [1.165, 1.54) is 0 Å². The summed E-state index contributed by atoms with van der Waals surface area (Å²) in [5.41, 5.74) is -0.0407. The highest BCUT2D eigenvalue weighted by molar-refractivity contribution is 9.10. The van der Waals surface area contributed by atoms with Gasteiger partial charge in [0, 0.05) is 4.47 Å². The molecule has 0 radical (unpaired) electrons. The van der Waals surface area contributed by atoms with E-state index in [0.29, 0.717) is 13.0 Å². The van der Waals surface area contributed by atoms with Gasteiger partial charge in [-0.25, -0.2) is 0 Å². The Kier molecular flexibility index (Phi) is 4.50. The molecule has 0 fully saturated rings. The zero-order chi connectivity index (χ0) is 12.2. The van der Waals surface area contributed by atoms with Crippen molar-refractivity contribution in [3.8, 4) is 0 Å². The topological polar surface area (TPSA) is 49.3 Å². The van der Waals surface area contributed by atoms with Gasteiger partial charge in [0.15, 0.2) is 0 Å². The predicted molar refractivity (Wildman–Crippen MR) is 67.7 cm³/mol. The first-order valence-electron chi connectivity index (χ1n) is 5.15. The highest BCUT2D eigenvalue weighted by Gasteiger charge is 2.35. The van der Waals surface area contributed by atoms with Crippen LogP contribution in [0, 0.1) is 0 Å². The fraction of sp³-hybridized carbons (Fsp3) is 0.417. The Morgan fingerprint density at radius 3 is 2.62 bits per heavy atom. The number of carbonyl (C=O) groups is 1. The molecule has 2 N–H and O–H groups in total. The SMILES string of the molecule is CNCCC(C)(C(=O)O)c1ccccc1Br. The summed E-state index contributed by atoms with van der Waals surface area (Å²) in [4.78, 5) is 11.4. The van der Waals surface area contributed by atoms with Crippen LogP contribution < -0.4 is 5.32 Å². The smallest absolute Gasteiger partial charge is 0.313 e. The van der Waals surface area contributed by atoms with Gasteiger partial charge in [0.1, 0.15) is 0 Å². The monoisotopic (exact) mass is 285 g/mol. The molecular formula is C12H16BrNO2. The predicted octanol–water partition coefficient (Wildman–Crippen LogP) is 2.40. The van der Waals surface area contributed by atoms with E-state index in [0.717, 1.165) is 10.0 Å². The van der Waals surface area contributed by atoms with Gasteiger partial charge in [-0.2, -0.15) is 0 Å². The lowest BCUT2D eigenvalue weighted by Gasteiger charge is -2.26. The largest absolute Gasteiger partial charge is 0.481 e. The Balaban J connectivity index is 3.11. The molecule has 1 rings (SSSR count). The molecule has 0 aliphatic rings. The second-order valence-corrected chi connectivity index (χ2v) is 4.82. The minimum atomic E-state index is -0.858. The number of aliphatic carboxylic acids is 1. The molecule has 88 valence electrons. The van der Waals surface area contributed by atoms with Crippen molar-refractivity contribution in [3.63, 3.8) is 0 Å². The first-order valence-corrected chi connectivity index (χ1v) is 5.94. The van der Waals surface area contributed by atoms with Crippen LogP contribution in [-0.4, -0.2) is 24.7 Å². The van der Waals surface area contributed by atoms with E-state index in [9.17, 15) is 9.90 Å². The van der Waals surface area contributed by atoms with Crippen LogP contribution in [-0.2, 0) is 10.2 Å². The third kappa shape index (κ3) is 2.62. The molecule has 0 heterocycles. The van der Waals surface area contributed by atoms with Gasteiger partial charge in [-0.1, -0.05) is 34.1 Å². The molecule has 1 unspecified atom stereocenters. The van der Waals surface area contributed by atoms with E-state index in [4.69, 9.17) is 0 Å². The van der Waals surface area contributed by atoms with E-state index in [1.807, 2.05) is 31.3 Å². The van der Waals surface area contributed by atoms with Crippen LogP contribution in [0.25, 0.3) is 0 Å². The van der Waals surface area contributed by atoms with Gasteiger partial charge in [-0.15, -0.1) is 0 Å². The summed E-state index contributed by atoms with van der Waals surface area (Å²) in [7, 11) is 1.82. The van der Waals surface area contributed by atoms with Crippen molar-refractivity contribution in [1.82, 2.24) is 5.32 Å². The third-order valence-corrected chi connectivity index (χ3v) is 3.51. The summed E-state index contributed by atoms with van der Waals surface area (Å²) < 4.78 is 0.844. The van der Waals surface area contributed by atoms with Crippen LogP contribution in [0.3, 0.4) is 0 Å². The molecule has 1 aromatic carbocycles. The number of benzene rings is 1.